The molecule has 0 aromatic heterocycles. The van der Waals surface area contributed by atoms with Gasteiger partial charge in [0.2, 0.25) is 0 Å². The molecule has 0 unspecified atom stereocenters. The highest BCUT2D eigenvalue weighted by Crippen LogP contribution is 2.42. The van der Waals surface area contributed by atoms with Crippen molar-refractivity contribution >= 4 is 44.5 Å². The number of hydrogen-bond donors (Lipinski definition) is 1. The third-order valence-electron chi connectivity index (χ3n) is 4.60. The predicted octanol–water partition coefficient (Wildman–Crippen LogP) is 2.53. The second kappa shape index (κ2) is 8.53. The van der Waals surface area contributed by atoms with Gasteiger partial charge in [0.25, 0.3) is 5.91 Å². The standard InChI is InChI=1S/C21H19BrN4O3S/c1-4-9-30-21-24-20(27)17-13-7-5-6-8-15(13)23-19(26(17)25-21)14-10-12(22)11-16(28-2)18(14)29-3/h4-8,10-11,19H,1,9H2,2-3H3,(H,24,25,27)/t19-/m1/s1. The van der Waals surface area contributed by atoms with E-state index in [2.05, 4.69) is 27.8 Å². The molecule has 7 nitrogen and oxygen atoms in total. The zero-order valence-electron chi connectivity index (χ0n) is 16.4. The van der Waals surface area contributed by atoms with Crippen molar-refractivity contribution < 1.29 is 14.3 Å². The molecule has 2 aliphatic heterocycles. The Hall–Kier alpha value is -2.78. The number of ether oxygens (including phenoxy) is 2. The van der Waals surface area contributed by atoms with Crippen LogP contribution >= 0.6 is 27.7 Å². The van der Waals surface area contributed by atoms with E-state index in [9.17, 15) is 4.79 Å². The molecular weight excluding hydrogens is 468 g/mol. The summed E-state index contributed by atoms with van der Waals surface area (Å²) in [5.41, 5.74) is 1.16. The highest BCUT2D eigenvalue weighted by atomic mass is 79.9. The largest absolute Gasteiger partial charge is 0.493 e. The Bertz CT molecular complexity index is 1180. The number of carbonyl (C=O) groups excluding carboxylic acids is 1. The summed E-state index contributed by atoms with van der Waals surface area (Å²) in [4.78, 5) is 18.0. The minimum absolute atomic E-state index is 0.232. The van der Waals surface area contributed by atoms with Crippen LogP contribution in [0.3, 0.4) is 0 Å². The fourth-order valence-corrected chi connectivity index (χ4v) is 4.42. The summed E-state index contributed by atoms with van der Waals surface area (Å²) in [6, 6.07) is 11.2. The van der Waals surface area contributed by atoms with Crippen LogP contribution in [-0.4, -0.2) is 36.1 Å². The number of benzene rings is 2. The average molecular weight is 487 g/mol. The zero-order chi connectivity index (χ0) is 21.3. The first-order valence-electron chi connectivity index (χ1n) is 9.09. The lowest BCUT2D eigenvalue weighted by Gasteiger charge is -2.34. The van der Waals surface area contributed by atoms with Crippen LogP contribution < -0.4 is 25.4 Å². The van der Waals surface area contributed by atoms with Gasteiger partial charge >= 0.3 is 0 Å². The molecule has 0 radical (unpaired) electrons. The SMILES string of the molecule is C=CCSC1=NN2C(=c3ccccc3=N[C@H]2c2cc(Br)cc(OC)c2OC)C(=O)N1. The van der Waals surface area contributed by atoms with Gasteiger partial charge < -0.3 is 9.47 Å². The number of carbonyl (C=O) groups is 1. The normalized spacial score (nSPS) is 17.2. The van der Waals surface area contributed by atoms with Crippen LogP contribution in [0.25, 0.3) is 5.70 Å². The van der Waals surface area contributed by atoms with Gasteiger partial charge in [-0.25, -0.2) is 5.01 Å². The van der Waals surface area contributed by atoms with Gasteiger partial charge in [-0.2, -0.15) is 0 Å². The molecule has 9 heteroatoms. The van der Waals surface area contributed by atoms with Gasteiger partial charge in [-0.1, -0.05) is 52.0 Å². The molecule has 30 heavy (non-hydrogen) atoms. The van der Waals surface area contributed by atoms with E-state index >= 15 is 0 Å². The number of para-hydroxylation sites is 1. The van der Waals surface area contributed by atoms with Crippen LogP contribution in [0, 0.1) is 0 Å². The minimum Gasteiger partial charge on any atom is -0.493 e. The number of rotatable bonds is 5. The highest BCUT2D eigenvalue weighted by Gasteiger charge is 2.36. The van der Waals surface area contributed by atoms with Crippen molar-refractivity contribution in [2.24, 2.45) is 10.1 Å². The molecule has 0 bridgehead atoms. The van der Waals surface area contributed by atoms with Gasteiger partial charge in [-0.3, -0.25) is 15.1 Å². The molecule has 0 spiro atoms. The first-order valence-corrected chi connectivity index (χ1v) is 10.9. The Kier molecular flexibility index (Phi) is 5.83. The zero-order valence-corrected chi connectivity index (χ0v) is 18.8. The number of hydrazone groups is 1. The van der Waals surface area contributed by atoms with Crippen molar-refractivity contribution in [3.8, 4) is 11.5 Å². The van der Waals surface area contributed by atoms with Gasteiger partial charge in [0.15, 0.2) is 22.8 Å². The number of amidine groups is 1. The smallest absolute Gasteiger partial charge is 0.276 e. The van der Waals surface area contributed by atoms with E-state index in [1.54, 1.807) is 25.3 Å². The lowest BCUT2D eigenvalue weighted by atomic mass is 10.1. The second-order valence-electron chi connectivity index (χ2n) is 6.40. The first-order chi connectivity index (χ1) is 14.6. The minimum atomic E-state index is -0.610. The van der Waals surface area contributed by atoms with E-state index in [-0.39, 0.29) is 5.91 Å². The van der Waals surface area contributed by atoms with Crippen molar-refractivity contribution in [2.75, 3.05) is 20.0 Å². The molecule has 0 saturated heterocycles. The van der Waals surface area contributed by atoms with E-state index < -0.39 is 6.17 Å². The van der Waals surface area contributed by atoms with Crippen LogP contribution in [-0.2, 0) is 4.79 Å². The van der Waals surface area contributed by atoms with E-state index in [1.165, 1.54) is 11.8 Å². The number of nitrogens with one attached hydrogen (secondary N) is 1. The van der Waals surface area contributed by atoms with Crippen LogP contribution in [0.4, 0.5) is 0 Å². The Morgan fingerprint density at radius 3 is 2.83 bits per heavy atom. The summed E-state index contributed by atoms with van der Waals surface area (Å²) in [6.45, 7) is 3.73. The Morgan fingerprint density at radius 2 is 2.10 bits per heavy atom. The second-order valence-corrected chi connectivity index (χ2v) is 8.33. The number of nitrogens with zero attached hydrogens (tertiary/aromatic N) is 3. The van der Waals surface area contributed by atoms with Crippen molar-refractivity contribution in [1.29, 1.82) is 0 Å². The monoisotopic (exact) mass is 486 g/mol. The Morgan fingerprint density at radius 1 is 1.30 bits per heavy atom. The Labute approximate surface area is 186 Å². The van der Waals surface area contributed by atoms with Crippen molar-refractivity contribution in [3.05, 3.63) is 69.7 Å². The van der Waals surface area contributed by atoms with E-state index in [1.807, 2.05) is 36.4 Å². The molecular formula is C21H19BrN4O3S. The number of amides is 1. The molecule has 0 aliphatic carbocycles. The fraction of sp³-hybridized carbons (Fsp3) is 0.190. The van der Waals surface area contributed by atoms with Gasteiger partial charge in [0, 0.05) is 21.0 Å². The van der Waals surface area contributed by atoms with Crippen molar-refractivity contribution in [1.82, 2.24) is 10.3 Å². The summed E-state index contributed by atoms with van der Waals surface area (Å²) in [5, 5.41) is 11.1. The van der Waals surface area contributed by atoms with Gasteiger partial charge in [0.1, 0.15) is 5.70 Å². The Balaban J connectivity index is 1.97. The molecule has 154 valence electrons. The summed E-state index contributed by atoms with van der Waals surface area (Å²) in [5.74, 6) is 1.48. The lowest BCUT2D eigenvalue weighted by molar-refractivity contribution is -0.116. The maximum absolute atomic E-state index is 13.1. The lowest BCUT2D eigenvalue weighted by Crippen LogP contribution is -2.50. The number of fused-ring (bicyclic) bond motifs is 2. The maximum Gasteiger partial charge on any atom is 0.276 e. The van der Waals surface area contributed by atoms with E-state index in [4.69, 9.17) is 19.6 Å². The number of thioether (sulfide) groups is 1. The average Bonchev–Trinajstić information content (AvgIpc) is 2.76. The van der Waals surface area contributed by atoms with Crippen molar-refractivity contribution in [3.63, 3.8) is 0 Å². The molecule has 2 aliphatic rings. The molecule has 1 amide bonds. The van der Waals surface area contributed by atoms with Crippen LogP contribution in [0.15, 0.2) is 63.6 Å². The predicted molar refractivity (Wildman–Crippen MR) is 121 cm³/mol. The van der Waals surface area contributed by atoms with Crippen molar-refractivity contribution in [2.45, 2.75) is 6.17 Å². The summed E-state index contributed by atoms with van der Waals surface area (Å²) in [6.07, 6.45) is 1.15. The number of halogens is 1. The van der Waals surface area contributed by atoms with Gasteiger partial charge in [0.05, 0.1) is 19.6 Å². The number of hydrogen-bond acceptors (Lipinski definition) is 7. The van der Waals surface area contributed by atoms with Gasteiger partial charge in [-0.05, 0) is 18.2 Å². The van der Waals surface area contributed by atoms with E-state index in [0.717, 1.165) is 15.3 Å². The quantitative estimate of drug-likeness (QED) is 0.657. The molecule has 2 aromatic rings. The van der Waals surface area contributed by atoms with Gasteiger partial charge in [-0.15, -0.1) is 11.7 Å². The topological polar surface area (TPSA) is 75.5 Å². The third kappa shape index (κ3) is 3.59. The summed E-state index contributed by atoms with van der Waals surface area (Å²) in [7, 11) is 3.16. The molecule has 1 N–H and O–H groups in total. The van der Waals surface area contributed by atoms with E-state index in [0.29, 0.717) is 33.5 Å². The highest BCUT2D eigenvalue weighted by molar-refractivity contribution is 9.10. The molecule has 1 atom stereocenters. The molecule has 2 heterocycles. The van der Waals surface area contributed by atoms with Crippen LogP contribution in [0.5, 0.6) is 11.5 Å². The number of methoxy groups -OCH3 is 2. The third-order valence-corrected chi connectivity index (χ3v) is 5.92. The molecule has 4 rings (SSSR count). The first kappa shape index (κ1) is 20.5. The van der Waals surface area contributed by atoms with Crippen LogP contribution in [0.2, 0.25) is 0 Å². The fourth-order valence-electron chi connectivity index (χ4n) is 3.38. The molecule has 0 saturated carbocycles. The molecule has 0 fully saturated rings. The van der Waals surface area contributed by atoms with Crippen LogP contribution in [0.1, 0.15) is 11.7 Å². The summed E-state index contributed by atoms with van der Waals surface area (Å²) < 4.78 is 12.0. The summed E-state index contributed by atoms with van der Waals surface area (Å²) >= 11 is 4.92. The molecule has 2 aromatic carbocycles. The maximum atomic E-state index is 13.1.